The Labute approximate surface area is 137 Å². The molecule has 128 valence electrons. The standard InChI is InChI=1S/C17H27N3O3/c1-12-10-15(19-20(12)13(2)14-4-5-14)16(21)18-17(11-22-3)6-8-23-9-7-17/h10,13-14H,4-9,11H2,1-3H3,(H,18,21). The smallest absolute Gasteiger partial charge is 0.272 e. The van der Waals surface area contributed by atoms with E-state index in [4.69, 9.17) is 9.47 Å². The normalized spacial score (nSPS) is 21.9. The lowest BCUT2D eigenvalue weighted by molar-refractivity contribution is 0.00194. The highest BCUT2D eigenvalue weighted by atomic mass is 16.5. The summed E-state index contributed by atoms with van der Waals surface area (Å²) in [5.41, 5.74) is 1.20. The molecular weight excluding hydrogens is 294 g/mol. The number of carbonyl (C=O) groups excluding carboxylic acids is 1. The highest BCUT2D eigenvalue weighted by molar-refractivity contribution is 5.93. The monoisotopic (exact) mass is 321 g/mol. The average Bonchev–Trinajstić information content (AvgIpc) is 3.30. The minimum absolute atomic E-state index is 0.117. The van der Waals surface area contributed by atoms with Gasteiger partial charge in [0.2, 0.25) is 0 Å². The zero-order valence-corrected chi connectivity index (χ0v) is 14.3. The van der Waals surface area contributed by atoms with Gasteiger partial charge < -0.3 is 14.8 Å². The van der Waals surface area contributed by atoms with Gasteiger partial charge in [-0.1, -0.05) is 0 Å². The quantitative estimate of drug-likeness (QED) is 0.871. The molecule has 1 saturated carbocycles. The van der Waals surface area contributed by atoms with E-state index in [-0.39, 0.29) is 11.4 Å². The van der Waals surface area contributed by atoms with E-state index in [2.05, 4.69) is 17.3 Å². The van der Waals surface area contributed by atoms with Crippen molar-refractivity contribution in [1.29, 1.82) is 0 Å². The number of hydrogen-bond acceptors (Lipinski definition) is 4. The van der Waals surface area contributed by atoms with Crippen LogP contribution in [-0.4, -0.2) is 48.2 Å². The largest absolute Gasteiger partial charge is 0.382 e. The lowest BCUT2D eigenvalue weighted by atomic mass is 9.90. The molecule has 1 aromatic rings. The molecule has 1 aromatic heterocycles. The van der Waals surface area contributed by atoms with Crippen LogP contribution in [0.4, 0.5) is 0 Å². The summed E-state index contributed by atoms with van der Waals surface area (Å²) >= 11 is 0. The molecule has 2 fully saturated rings. The van der Waals surface area contributed by atoms with E-state index in [0.717, 1.165) is 18.5 Å². The first-order valence-electron chi connectivity index (χ1n) is 8.50. The molecule has 1 N–H and O–H groups in total. The minimum atomic E-state index is -0.343. The number of amides is 1. The van der Waals surface area contributed by atoms with Crippen molar-refractivity contribution in [2.45, 2.75) is 51.1 Å². The highest BCUT2D eigenvalue weighted by Gasteiger charge is 2.36. The molecule has 1 saturated heterocycles. The molecule has 2 aliphatic rings. The van der Waals surface area contributed by atoms with Crippen molar-refractivity contribution in [3.8, 4) is 0 Å². The number of nitrogens with one attached hydrogen (secondary N) is 1. The van der Waals surface area contributed by atoms with Gasteiger partial charge >= 0.3 is 0 Å². The van der Waals surface area contributed by atoms with Crippen LogP contribution < -0.4 is 5.32 Å². The summed E-state index contributed by atoms with van der Waals surface area (Å²) in [4.78, 5) is 12.7. The maximum absolute atomic E-state index is 12.7. The molecule has 1 aliphatic heterocycles. The van der Waals surface area contributed by atoms with E-state index >= 15 is 0 Å². The van der Waals surface area contributed by atoms with Crippen LogP contribution in [0, 0.1) is 12.8 Å². The number of aromatic nitrogens is 2. The van der Waals surface area contributed by atoms with Gasteiger partial charge in [0.1, 0.15) is 5.69 Å². The van der Waals surface area contributed by atoms with E-state index in [1.165, 1.54) is 12.8 Å². The first-order chi connectivity index (χ1) is 11.0. The fourth-order valence-corrected chi connectivity index (χ4v) is 3.44. The molecule has 1 amide bonds. The van der Waals surface area contributed by atoms with Crippen LogP contribution in [0.2, 0.25) is 0 Å². The van der Waals surface area contributed by atoms with Gasteiger partial charge in [-0.3, -0.25) is 9.48 Å². The molecular formula is C17H27N3O3. The second-order valence-corrected chi connectivity index (χ2v) is 6.97. The van der Waals surface area contributed by atoms with Crippen molar-refractivity contribution in [3.63, 3.8) is 0 Å². The molecule has 6 heteroatoms. The summed E-state index contributed by atoms with van der Waals surface area (Å²) in [6, 6.07) is 2.25. The SMILES string of the molecule is COCC1(NC(=O)c2cc(C)n(C(C)C3CC3)n2)CCOCC1. The van der Waals surface area contributed by atoms with Crippen LogP contribution in [0.3, 0.4) is 0 Å². The number of carbonyl (C=O) groups is 1. The zero-order valence-electron chi connectivity index (χ0n) is 14.3. The highest BCUT2D eigenvalue weighted by Crippen LogP contribution is 2.39. The molecule has 6 nitrogen and oxygen atoms in total. The predicted octanol–water partition coefficient (Wildman–Crippen LogP) is 2.09. The van der Waals surface area contributed by atoms with Gasteiger partial charge in [-0.2, -0.15) is 5.10 Å². The van der Waals surface area contributed by atoms with Crippen molar-refractivity contribution in [2.24, 2.45) is 5.92 Å². The van der Waals surface area contributed by atoms with E-state index in [1.54, 1.807) is 7.11 Å². The van der Waals surface area contributed by atoms with Gasteiger partial charge in [-0.25, -0.2) is 0 Å². The second-order valence-electron chi connectivity index (χ2n) is 6.97. The predicted molar refractivity (Wildman–Crippen MR) is 86.5 cm³/mol. The van der Waals surface area contributed by atoms with E-state index in [9.17, 15) is 4.79 Å². The number of hydrogen-bond donors (Lipinski definition) is 1. The Morgan fingerprint density at radius 1 is 1.52 bits per heavy atom. The third kappa shape index (κ3) is 3.58. The Kier molecular flexibility index (Phi) is 4.73. The van der Waals surface area contributed by atoms with Crippen LogP contribution in [-0.2, 0) is 9.47 Å². The van der Waals surface area contributed by atoms with Gasteiger partial charge in [0.25, 0.3) is 5.91 Å². The summed E-state index contributed by atoms with van der Waals surface area (Å²) in [5.74, 6) is 0.591. The van der Waals surface area contributed by atoms with E-state index in [0.29, 0.717) is 37.5 Å². The molecule has 23 heavy (non-hydrogen) atoms. The van der Waals surface area contributed by atoms with Crippen molar-refractivity contribution in [2.75, 3.05) is 26.9 Å². The number of nitrogens with zero attached hydrogens (tertiary/aromatic N) is 2. The molecule has 0 spiro atoms. The van der Waals surface area contributed by atoms with Gasteiger partial charge in [0.05, 0.1) is 18.2 Å². The Bertz CT molecular complexity index is 554. The number of aryl methyl sites for hydroxylation is 1. The van der Waals surface area contributed by atoms with Gasteiger partial charge in [0.15, 0.2) is 0 Å². The van der Waals surface area contributed by atoms with Gasteiger partial charge in [-0.05, 0) is 51.5 Å². The Hall–Kier alpha value is -1.40. The fourth-order valence-electron chi connectivity index (χ4n) is 3.44. The summed E-state index contributed by atoms with van der Waals surface area (Å²) in [5, 5.41) is 7.71. The van der Waals surface area contributed by atoms with Crippen LogP contribution in [0.1, 0.15) is 54.8 Å². The molecule has 1 aliphatic carbocycles. The Morgan fingerprint density at radius 3 is 2.83 bits per heavy atom. The Morgan fingerprint density at radius 2 is 2.22 bits per heavy atom. The Balaban J connectivity index is 1.73. The summed E-state index contributed by atoms with van der Waals surface area (Å²) in [6.45, 7) is 6.00. The summed E-state index contributed by atoms with van der Waals surface area (Å²) in [6.07, 6.45) is 4.06. The molecule has 1 atom stereocenters. The zero-order chi connectivity index (χ0) is 16.4. The van der Waals surface area contributed by atoms with Crippen molar-refractivity contribution in [1.82, 2.24) is 15.1 Å². The van der Waals surface area contributed by atoms with E-state index in [1.807, 2.05) is 17.7 Å². The van der Waals surface area contributed by atoms with Crippen molar-refractivity contribution in [3.05, 3.63) is 17.5 Å². The molecule has 0 bridgehead atoms. The third-order valence-corrected chi connectivity index (χ3v) is 5.09. The first kappa shape index (κ1) is 16.5. The summed E-state index contributed by atoms with van der Waals surface area (Å²) < 4.78 is 12.8. The molecule has 0 aromatic carbocycles. The topological polar surface area (TPSA) is 65.4 Å². The van der Waals surface area contributed by atoms with E-state index < -0.39 is 0 Å². The summed E-state index contributed by atoms with van der Waals surface area (Å²) in [7, 11) is 1.67. The molecule has 0 radical (unpaired) electrons. The first-order valence-corrected chi connectivity index (χ1v) is 8.50. The fraction of sp³-hybridized carbons (Fsp3) is 0.765. The van der Waals surface area contributed by atoms with Crippen molar-refractivity contribution >= 4 is 5.91 Å². The van der Waals surface area contributed by atoms with Crippen LogP contribution in [0.25, 0.3) is 0 Å². The third-order valence-electron chi connectivity index (χ3n) is 5.09. The van der Waals surface area contributed by atoms with Gasteiger partial charge in [-0.15, -0.1) is 0 Å². The number of methoxy groups -OCH3 is 1. The van der Waals surface area contributed by atoms with Crippen LogP contribution in [0.5, 0.6) is 0 Å². The van der Waals surface area contributed by atoms with Crippen LogP contribution in [0.15, 0.2) is 6.07 Å². The molecule has 1 unspecified atom stereocenters. The maximum atomic E-state index is 12.7. The lowest BCUT2D eigenvalue weighted by Gasteiger charge is -2.37. The maximum Gasteiger partial charge on any atom is 0.272 e. The second kappa shape index (κ2) is 6.61. The number of ether oxygens (including phenoxy) is 2. The molecule has 3 rings (SSSR count). The molecule has 2 heterocycles. The van der Waals surface area contributed by atoms with Crippen LogP contribution >= 0.6 is 0 Å². The number of rotatable bonds is 6. The minimum Gasteiger partial charge on any atom is -0.382 e. The lowest BCUT2D eigenvalue weighted by Crippen LogP contribution is -2.55. The van der Waals surface area contributed by atoms with Gasteiger partial charge in [0, 0.05) is 26.0 Å². The van der Waals surface area contributed by atoms with Crippen molar-refractivity contribution < 1.29 is 14.3 Å². The average molecular weight is 321 g/mol.